The Balaban J connectivity index is 1.29. The smallest absolute Gasteiger partial charge is 0.226 e. The van der Waals surface area contributed by atoms with E-state index in [9.17, 15) is 4.79 Å². The quantitative estimate of drug-likeness (QED) is 0.464. The van der Waals surface area contributed by atoms with Crippen molar-refractivity contribution in [3.8, 4) is 10.6 Å². The number of aromatic nitrogens is 3. The number of rotatable bonds is 6. The number of hydrogen-bond acceptors (Lipinski definition) is 6. The summed E-state index contributed by atoms with van der Waals surface area (Å²) in [6.07, 6.45) is 0.412. The van der Waals surface area contributed by atoms with Crippen LogP contribution >= 0.6 is 34.4 Å². The fourth-order valence-electron chi connectivity index (χ4n) is 2.29. The molecule has 0 saturated carbocycles. The van der Waals surface area contributed by atoms with Crippen molar-refractivity contribution in [2.75, 3.05) is 11.1 Å². The molecule has 25 heavy (non-hydrogen) atoms. The summed E-state index contributed by atoms with van der Waals surface area (Å²) in [4.78, 5) is 25.4. The van der Waals surface area contributed by atoms with Crippen molar-refractivity contribution in [2.45, 2.75) is 11.6 Å². The Labute approximate surface area is 156 Å². The highest BCUT2D eigenvalue weighted by atomic mass is 32.2. The molecule has 8 heteroatoms. The molecule has 0 bridgehead atoms. The zero-order chi connectivity index (χ0) is 17.1. The number of benzene rings is 1. The number of nitrogens with one attached hydrogen (secondary N) is 2. The summed E-state index contributed by atoms with van der Waals surface area (Å²) in [5.74, 6) is 0.630. The molecular weight excluding hydrogens is 372 g/mol. The summed E-state index contributed by atoms with van der Waals surface area (Å²) in [7, 11) is 0. The Morgan fingerprint density at radius 1 is 1.16 bits per heavy atom. The number of thiazole rings is 1. The van der Waals surface area contributed by atoms with E-state index in [0.717, 1.165) is 26.8 Å². The number of imidazole rings is 1. The van der Waals surface area contributed by atoms with Crippen molar-refractivity contribution >= 4 is 56.5 Å². The maximum Gasteiger partial charge on any atom is 0.226 e. The summed E-state index contributed by atoms with van der Waals surface area (Å²) in [6, 6.07) is 11.9. The molecule has 0 unspecified atom stereocenters. The Hall–Kier alpha value is -2.16. The van der Waals surface area contributed by atoms with Crippen LogP contribution in [0.4, 0.5) is 5.13 Å². The number of fused-ring (bicyclic) bond motifs is 1. The largest absolute Gasteiger partial charge is 0.333 e. The number of thioether (sulfide) groups is 1. The first-order valence-corrected chi connectivity index (χ1v) is 10.4. The number of anilines is 1. The number of hydrogen-bond donors (Lipinski definition) is 2. The fourth-order valence-corrected chi connectivity index (χ4v) is 4.60. The van der Waals surface area contributed by atoms with Crippen molar-refractivity contribution in [3.63, 3.8) is 0 Å². The van der Waals surface area contributed by atoms with Crippen LogP contribution in [0.1, 0.15) is 6.42 Å². The molecule has 0 fully saturated rings. The molecule has 1 amide bonds. The average Bonchev–Trinajstić information content (AvgIpc) is 3.34. The standard InChI is InChI=1S/C17H14N4OS3/c22-15(21-17-20-13(10-25-17)14-6-3-8-23-14)7-9-24-16-18-11-4-1-2-5-12(11)19-16/h1-6,8,10H,7,9H2,(H,18,19)(H,20,21,22). The van der Waals surface area contributed by atoms with Gasteiger partial charge >= 0.3 is 0 Å². The lowest BCUT2D eigenvalue weighted by atomic mass is 10.3. The van der Waals surface area contributed by atoms with E-state index < -0.39 is 0 Å². The van der Waals surface area contributed by atoms with Crippen LogP contribution in [0.3, 0.4) is 0 Å². The van der Waals surface area contributed by atoms with Crippen LogP contribution in [-0.2, 0) is 4.79 Å². The highest BCUT2D eigenvalue weighted by molar-refractivity contribution is 7.99. The van der Waals surface area contributed by atoms with E-state index in [0.29, 0.717) is 17.3 Å². The fraction of sp³-hybridized carbons (Fsp3) is 0.118. The van der Waals surface area contributed by atoms with Gasteiger partial charge in [-0.15, -0.1) is 22.7 Å². The van der Waals surface area contributed by atoms with E-state index in [2.05, 4.69) is 20.3 Å². The molecule has 5 nitrogen and oxygen atoms in total. The third-order valence-electron chi connectivity index (χ3n) is 3.46. The third-order valence-corrected chi connectivity index (χ3v) is 5.98. The molecule has 4 rings (SSSR count). The van der Waals surface area contributed by atoms with Gasteiger partial charge in [0.1, 0.15) is 0 Å². The maximum atomic E-state index is 12.1. The number of thiophene rings is 1. The summed E-state index contributed by atoms with van der Waals surface area (Å²) >= 11 is 4.63. The minimum atomic E-state index is -0.0318. The average molecular weight is 387 g/mol. The van der Waals surface area contributed by atoms with Crippen LogP contribution in [0.5, 0.6) is 0 Å². The van der Waals surface area contributed by atoms with Crippen molar-refractivity contribution in [2.24, 2.45) is 0 Å². The van der Waals surface area contributed by atoms with Gasteiger partial charge in [0.15, 0.2) is 10.3 Å². The summed E-state index contributed by atoms with van der Waals surface area (Å²) in [5.41, 5.74) is 2.86. The van der Waals surface area contributed by atoms with Crippen LogP contribution in [0.25, 0.3) is 21.6 Å². The molecule has 3 heterocycles. The second-order valence-electron chi connectivity index (χ2n) is 5.22. The van der Waals surface area contributed by atoms with Gasteiger partial charge in [0, 0.05) is 17.6 Å². The lowest BCUT2D eigenvalue weighted by Gasteiger charge is -2.00. The van der Waals surface area contributed by atoms with Gasteiger partial charge in [-0.25, -0.2) is 9.97 Å². The molecule has 126 valence electrons. The van der Waals surface area contributed by atoms with Gasteiger partial charge in [-0.3, -0.25) is 4.79 Å². The minimum Gasteiger partial charge on any atom is -0.333 e. The van der Waals surface area contributed by atoms with Gasteiger partial charge < -0.3 is 10.3 Å². The number of amides is 1. The van der Waals surface area contributed by atoms with Gasteiger partial charge in [0.2, 0.25) is 5.91 Å². The molecule has 2 N–H and O–H groups in total. The molecule has 0 spiro atoms. The molecule has 0 aliphatic carbocycles. The summed E-state index contributed by atoms with van der Waals surface area (Å²) in [5, 5.41) is 8.32. The van der Waals surface area contributed by atoms with E-state index in [4.69, 9.17) is 0 Å². The van der Waals surface area contributed by atoms with Gasteiger partial charge in [0.25, 0.3) is 0 Å². The van der Waals surface area contributed by atoms with E-state index in [1.165, 1.54) is 11.3 Å². The second kappa shape index (κ2) is 7.38. The van der Waals surface area contributed by atoms with E-state index in [-0.39, 0.29) is 5.91 Å². The van der Waals surface area contributed by atoms with Gasteiger partial charge in [-0.05, 0) is 23.6 Å². The zero-order valence-electron chi connectivity index (χ0n) is 13.1. The van der Waals surface area contributed by atoms with E-state index in [1.807, 2.05) is 47.2 Å². The zero-order valence-corrected chi connectivity index (χ0v) is 15.5. The number of carbonyl (C=O) groups is 1. The third kappa shape index (κ3) is 3.92. The molecule has 4 aromatic rings. The lowest BCUT2D eigenvalue weighted by Crippen LogP contribution is -2.11. The highest BCUT2D eigenvalue weighted by Crippen LogP contribution is 2.28. The number of para-hydroxylation sites is 2. The SMILES string of the molecule is O=C(CCSc1nc2ccccc2[nH]1)Nc1nc(-c2cccs2)cs1. The number of aromatic amines is 1. The van der Waals surface area contributed by atoms with Gasteiger partial charge in [-0.1, -0.05) is 30.0 Å². The van der Waals surface area contributed by atoms with Gasteiger partial charge in [-0.2, -0.15) is 0 Å². The van der Waals surface area contributed by atoms with Gasteiger partial charge in [0.05, 0.1) is 21.6 Å². The second-order valence-corrected chi connectivity index (χ2v) is 8.11. The monoisotopic (exact) mass is 386 g/mol. The first-order valence-electron chi connectivity index (χ1n) is 7.65. The Morgan fingerprint density at radius 2 is 2.08 bits per heavy atom. The Morgan fingerprint density at radius 3 is 2.92 bits per heavy atom. The number of nitrogens with zero attached hydrogens (tertiary/aromatic N) is 2. The van der Waals surface area contributed by atoms with Crippen LogP contribution in [0, 0.1) is 0 Å². The first-order chi connectivity index (χ1) is 12.3. The van der Waals surface area contributed by atoms with Crippen LogP contribution in [0.2, 0.25) is 0 Å². The molecular formula is C17H14N4OS3. The van der Waals surface area contributed by atoms with E-state index >= 15 is 0 Å². The molecule has 3 aromatic heterocycles. The predicted molar refractivity (Wildman–Crippen MR) is 105 cm³/mol. The molecule has 0 atom stereocenters. The van der Waals surface area contributed by atoms with Crippen molar-refractivity contribution in [3.05, 3.63) is 47.2 Å². The predicted octanol–water partition coefficient (Wildman–Crippen LogP) is 4.87. The minimum absolute atomic E-state index is 0.0318. The summed E-state index contributed by atoms with van der Waals surface area (Å²) in [6.45, 7) is 0. The van der Waals surface area contributed by atoms with Crippen molar-refractivity contribution < 1.29 is 4.79 Å². The Kier molecular flexibility index (Phi) is 4.82. The molecule has 0 saturated heterocycles. The van der Waals surface area contributed by atoms with Crippen LogP contribution in [0.15, 0.2) is 52.3 Å². The number of carbonyl (C=O) groups excluding carboxylic acids is 1. The first kappa shape index (κ1) is 16.3. The lowest BCUT2D eigenvalue weighted by molar-refractivity contribution is -0.115. The van der Waals surface area contributed by atoms with Crippen LogP contribution in [-0.4, -0.2) is 26.6 Å². The van der Waals surface area contributed by atoms with Crippen molar-refractivity contribution in [1.29, 1.82) is 0 Å². The summed E-state index contributed by atoms with van der Waals surface area (Å²) < 4.78 is 0. The van der Waals surface area contributed by atoms with Crippen LogP contribution < -0.4 is 5.32 Å². The molecule has 1 aromatic carbocycles. The number of H-pyrrole nitrogens is 1. The molecule has 0 radical (unpaired) electrons. The van der Waals surface area contributed by atoms with E-state index in [1.54, 1.807) is 23.1 Å². The topological polar surface area (TPSA) is 70.7 Å². The highest BCUT2D eigenvalue weighted by Gasteiger charge is 2.09. The molecule has 0 aliphatic rings. The molecule has 0 aliphatic heterocycles. The van der Waals surface area contributed by atoms with Crippen molar-refractivity contribution in [1.82, 2.24) is 15.0 Å². The normalized spacial score (nSPS) is 11.0. The maximum absolute atomic E-state index is 12.1. The Bertz CT molecular complexity index is 957.